The van der Waals surface area contributed by atoms with Crippen molar-refractivity contribution in [1.82, 2.24) is 5.32 Å². The number of benzene rings is 1. The lowest BCUT2D eigenvalue weighted by molar-refractivity contribution is 0.262. The minimum absolute atomic E-state index is 0.734. The van der Waals surface area contributed by atoms with E-state index in [1.165, 1.54) is 37.7 Å². The van der Waals surface area contributed by atoms with Gasteiger partial charge >= 0.3 is 0 Å². The van der Waals surface area contributed by atoms with Gasteiger partial charge in [-0.3, -0.25) is 0 Å². The molecule has 1 aromatic rings. The van der Waals surface area contributed by atoms with Crippen LogP contribution >= 0.6 is 0 Å². The van der Waals surface area contributed by atoms with E-state index in [2.05, 4.69) is 30.4 Å². The molecule has 1 saturated carbocycles. The third-order valence-electron chi connectivity index (χ3n) is 4.56. The maximum Gasteiger partial charge on any atom is 0.123 e. The van der Waals surface area contributed by atoms with Gasteiger partial charge in [0.25, 0.3) is 0 Å². The van der Waals surface area contributed by atoms with Crippen molar-refractivity contribution < 1.29 is 4.74 Å². The van der Waals surface area contributed by atoms with E-state index in [0.29, 0.717) is 0 Å². The minimum atomic E-state index is 0.734. The van der Waals surface area contributed by atoms with Gasteiger partial charge in [0, 0.05) is 12.1 Å². The first kappa shape index (κ1) is 15.4. The Morgan fingerprint density at radius 3 is 2.45 bits per heavy atom. The number of nitrogens with one attached hydrogen (secondary N) is 1. The molecule has 0 radical (unpaired) electrons. The Morgan fingerprint density at radius 1 is 1.05 bits per heavy atom. The van der Waals surface area contributed by atoms with Crippen LogP contribution in [0.1, 0.15) is 51.5 Å². The summed E-state index contributed by atoms with van der Waals surface area (Å²) in [4.78, 5) is 0. The molecule has 20 heavy (non-hydrogen) atoms. The molecule has 0 bridgehead atoms. The second kappa shape index (κ2) is 8.31. The van der Waals surface area contributed by atoms with Crippen molar-refractivity contribution in [2.75, 3.05) is 13.2 Å². The smallest absolute Gasteiger partial charge is 0.123 e. The normalized spacial score (nSPS) is 22.7. The summed E-state index contributed by atoms with van der Waals surface area (Å²) in [6.07, 6.45) is 7.02. The summed E-state index contributed by atoms with van der Waals surface area (Å²) in [7, 11) is 0. The largest absolute Gasteiger partial charge is 0.494 e. The molecule has 0 unspecified atom stereocenters. The van der Waals surface area contributed by atoms with Gasteiger partial charge in [0.05, 0.1) is 6.61 Å². The first-order valence-electron chi connectivity index (χ1n) is 8.24. The highest BCUT2D eigenvalue weighted by Gasteiger charge is 2.19. The summed E-state index contributed by atoms with van der Waals surface area (Å²) in [6, 6.07) is 8.35. The summed E-state index contributed by atoms with van der Waals surface area (Å²) in [5, 5.41) is 3.62. The molecule has 0 spiro atoms. The third kappa shape index (κ3) is 4.52. The van der Waals surface area contributed by atoms with E-state index in [1.54, 1.807) is 0 Å². The molecule has 1 fully saturated rings. The van der Waals surface area contributed by atoms with Crippen molar-refractivity contribution in [2.45, 2.75) is 52.5 Å². The Morgan fingerprint density at radius 2 is 1.75 bits per heavy atom. The predicted molar refractivity (Wildman–Crippen MR) is 85.1 cm³/mol. The summed E-state index contributed by atoms with van der Waals surface area (Å²) in [6.45, 7) is 7.17. The fraction of sp³-hybridized carbons (Fsp3) is 0.667. The molecule has 0 aromatic heterocycles. The van der Waals surface area contributed by atoms with Crippen LogP contribution in [0, 0.1) is 11.8 Å². The second-order valence-corrected chi connectivity index (χ2v) is 5.97. The second-order valence-electron chi connectivity index (χ2n) is 5.97. The maximum atomic E-state index is 5.67. The number of hydrogen-bond acceptors (Lipinski definition) is 2. The lowest BCUT2D eigenvalue weighted by atomic mass is 9.81. The van der Waals surface area contributed by atoms with Gasteiger partial charge < -0.3 is 10.1 Å². The molecule has 0 atom stereocenters. The van der Waals surface area contributed by atoms with Gasteiger partial charge in [0.1, 0.15) is 5.75 Å². The van der Waals surface area contributed by atoms with E-state index >= 15 is 0 Å². The van der Waals surface area contributed by atoms with Crippen LogP contribution in [0.15, 0.2) is 24.3 Å². The van der Waals surface area contributed by atoms with E-state index in [9.17, 15) is 0 Å². The Hall–Kier alpha value is -1.02. The monoisotopic (exact) mass is 275 g/mol. The topological polar surface area (TPSA) is 21.3 Å². The van der Waals surface area contributed by atoms with Crippen molar-refractivity contribution in [3.8, 4) is 5.75 Å². The Labute approximate surface area is 123 Å². The fourth-order valence-corrected chi connectivity index (χ4v) is 3.20. The molecule has 1 N–H and O–H groups in total. The molecule has 1 aliphatic rings. The lowest BCUT2D eigenvalue weighted by Crippen LogP contribution is -2.26. The van der Waals surface area contributed by atoms with Crippen LogP contribution in [-0.2, 0) is 6.54 Å². The van der Waals surface area contributed by atoms with Gasteiger partial charge in [-0.1, -0.05) is 44.4 Å². The molecule has 112 valence electrons. The van der Waals surface area contributed by atoms with Gasteiger partial charge in [0.2, 0.25) is 0 Å². The van der Waals surface area contributed by atoms with Crippen molar-refractivity contribution in [2.24, 2.45) is 11.8 Å². The highest BCUT2D eigenvalue weighted by atomic mass is 16.5. The Bertz CT molecular complexity index is 383. The molecule has 0 amide bonds. The van der Waals surface area contributed by atoms with Crippen LogP contribution in [0.5, 0.6) is 5.75 Å². The van der Waals surface area contributed by atoms with Crippen LogP contribution < -0.4 is 10.1 Å². The fourth-order valence-electron chi connectivity index (χ4n) is 3.20. The average Bonchev–Trinajstić information content (AvgIpc) is 2.50. The molecule has 1 aliphatic carbocycles. The zero-order valence-electron chi connectivity index (χ0n) is 13.0. The van der Waals surface area contributed by atoms with Crippen LogP contribution in [-0.4, -0.2) is 13.2 Å². The van der Waals surface area contributed by atoms with Crippen LogP contribution in [0.3, 0.4) is 0 Å². The third-order valence-corrected chi connectivity index (χ3v) is 4.56. The van der Waals surface area contributed by atoms with Gasteiger partial charge in [-0.15, -0.1) is 0 Å². The standard InChI is InChI=1S/C18H29NO/c1-3-15-9-11-16(12-10-15)13-19-14-17-7-5-6-8-18(17)20-4-2/h5-8,15-16,19H,3-4,9-14H2,1-2H3. The van der Waals surface area contributed by atoms with E-state index in [-0.39, 0.29) is 0 Å². The van der Waals surface area contributed by atoms with E-state index in [1.807, 2.05) is 13.0 Å². The quantitative estimate of drug-likeness (QED) is 0.797. The maximum absolute atomic E-state index is 5.67. The van der Waals surface area contributed by atoms with E-state index in [0.717, 1.165) is 37.3 Å². The molecule has 2 rings (SSSR count). The Kier molecular flexibility index (Phi) is 6.38. The van der Waals surface area contributed by atoms with Crippen molar-refractivity contribution in [3.05, 3.63) is 29.8 Å². The minimum Gasteiger partial charge on any atom is -0.494 e. The molecule has 0 aliphatic heterocycles. The molecular formula is C18H29NO. The zero-order chi connectivity index (χ0) is 14.2. The lowest BCUT2D eigenvalue weighted by Gasteiger charge is -2.28. The highest BCUT2D eigenvalue weighted by molar-refractivity contribution is 5.33. The first-order valence-corrected chi connectivity index (χ1v) is 8.24. The molecule has 2 heteroatoms. The number of para-hydroxylation sites is 1. The Balaban J connectivity index is 1.73. The summed E-state index contributed by atoms with van der Waals surface area (Å²) < 4.78 is 5.67. The summed E-state index contributed by atoms with van der Waals surface area (Å²) >= 11 is 0. The van der Waals surface area contributed by atoms with Crippen molar-refractivity contribution in [3.63, 3.8) is 0 Å². The van der Waals surface area contributed by atoms with Gasteiger partial charge in [-0.2, -0.15) is 0 Å². The van der Waals surface area contributed by atoms with Crippen LogP contribution in [0.2, 0.25) is 0 Å². The summed E-state index contributed by atoms with van der Waals surface area (Å²) in [5.74, 6) is 2.89. The van der Waals surface area contributed by atoms with Crippen LogP contribution in [0.4, 0.5) is 0 Å². The van der Waals surface area contributed by atoms with E-state index in [4.69, 9.17) is 4.74 Å². The number of rotatable bonds is 7. The predicted octanol–water partition coefficient (Wildman–Crippen LogP) is 4.39. The van der Waals surface area contributed by atoms with Gasteiger partial charge in [-0.05, 0) is 44.2 Å². The zero-order valence-corrected chi connectivity index (χ0v) is 13.0. The van der Waals surface area contributed by atoms with Crippen LogP contribution in [0.25, 0.3) is 0 Å². The van der Waals surface area contributed by atoms with Gasteiger partial charge in [-0.25, -0.2) is 0 Å². The molecule has 1 aromatic carbocycles. The summed E-state index contributed by atoms with van der Waals surface area (Å²) in [5.41, 5.74) is 1.27. The number of ether oxygens (including phenoxy) is 1. The number of hydrogen-bond donors (Lipinski definition) is 1. The molecular weight excluding hydrogens is 246 g/mol. The molecule has 0 saturated heterocycles. The van der Waals surface area contributed by atoms with Gasteiger partial charge in [0.15, 0.2) is 0 Å². The molecule has 2 nitrogen and oxygen atoms in total. The average molecular weight is 275 g/mol. The van der Waals surface area contributed by atoms with Crippen molar-refractivity contribution >= 4 is 0 Å². The van der Waals surface area contributed by atoms with E-state index < -0.39 is 0 Å². The SMILES string of the molecule is CCOc1ccccc1CNCC1CCC(CC)CC1. The van der Waals surface area contributed by atoms with Crippen molar-refractivity contribution in [1.29, 1.82) is 0 Å². The molecule has 0 heterocycles. The first-order chi connectivity index (χ1) is 9.83. The highest BCUT2D eigenvalue weighted by Crippen LogP contribution is 2.30.